The zero-order valence-electron chi connectivity index (χ0n) is 12.9. The third-order valence-electron chi connectivity index (χ3n) is 3.16. The molecular weight excluding hydrogens is 365 g/mol. The van der Waals surface area contributed by atoms with Crippen molar-refractivity contribution in [3.05, 3.63) is 59.7 Å². The van der Waals surface area contributed by atoms with E-state index in [1.165, 1.54) is 18.2 Å². The summed E-state index contributed by atoms with van der Waals surface area (Å²) in [6.45, 7) is 0.0920. The summed E-state index contributed by atoms with van der Waals surface area (Å²) in [6.07, 6.45) is 0. The predicted octanol–water partition coefficient (Wildman–Crippen LogP) is 2.70. The Morgan fingerprint density at radius 3 is 2.68 bits per heavy atom. The van der Waals surface area contributed by atoms with E-state index < -0.39 is 15.8 Å². The fourth-order valence-electron chi connectivity index (χ4n) is 2.00. The van der Waals surface area contributed by atoms with Crippen LogP contribution in [0.4, 0.5) is 4.39 Å². The quantitative estimate of drug-likeness (QED) is 0.639. The number of rotatable bonds is 7. The third kappa shape index (κ3) is 4.59. The molecule has 0 aliphatic carbocycles. The van der Waals surface area contributed by atoms with Crippen LogP contribution in [0.5, 0.6) is 5.88 Å². The van der Waals surface area contributed by atoms with Gasteiger partial charge in [-0.3, -0.25) is 0 Å². The number of benzene rings is 1. The Labute approximate surface area is 148 Å². The van der Waals surface area contributed by atoms with Crippen LogP contribution >= 0.6 is 11.3 Å². The van der Waals surface area contributed by atoms with Crippen LogP contribution in [-0.4, -0.2) is 31.8 Å². The van der Waals surface area contributed by atoms with E-state index in [0.717, 1.165) is 16.6 Å². The number of hydrogen-bond donors (Lipinski definition) is 1. The van der Waals surface area contributed by atoms with Crippen LogP contribution in [0.25, 0.3) is 10.6 Å². The Morgan fingerprint density at radius 1 is 1.12 bits per heavy atom. The van der Waals surface area contributed by atoms with Crippen molar-refractivity contribution in [2.45, 2.75) is 4.90 Å². The van der Waals surface area contributed by atoms with Crippen molar-refractivity contribution in [1.82, 2.24) is 14.9 Å². The Balaban J connectivity index is 1.51. The zero-order chi connectivity index (χ0) is 17.7. The van der Waals surface area contributed by atoms with Crippen LogP contribution in [0.1, 0.15) is 0 Å². The van der Waals surface area contributed by atoms with E-state index >= 15 is 0 Å². The molecule has 0 aliphatic heterocycles. The van der Waals surface area contributed by atoms with Gasteiger partial charge in [0, 0.05) is 12.6 Å². The molecule has 0 spiro atoms. The topological polar surface area (TPSA) is 81.2 Å². The lowest BCUT2D eigenvalue weighted by atomic mass is 10.3. The maximum absolute atomic E-state index is 13.1. The summed E-state index contributed by atoms with van der Waals surface area (Å²) in [7, 11) is -3.78. The monoisotopic (exact) mass is 379 g/mol. The minimum absolute atomic E-state index is 0.0210. The van der Waals surface area contributed by atoms with Crippen LogP contribution < -0.4 is 9.46 Å². The van der Waals surface area contributed by atoms with Gasteiger partial charge in [0.25, 0.3) is 0 Å². The zero-order valence-corrected chi connectivity index (χ0v) is 14.6. The highest BCUT2D eigenvalue weighted by atomic mass is 32.2. The molecule has 0 unspecified atom stereocenters. The largest absolute Gasteiger partial charge is 0.475 e. The number of ether oxygens (including phenoxy) is 1. The number of nitrogens with one attached hydrogen (secondary N) is 1. The average Bonchev–Trinajstić information content (AvgIpc) is 3.14. The minimum Gasteiger partial charge on any atom is -0.475 e. The van der Waals surface area contributed by atoms with Gasteiger partial charge in [-0.25, -0.2) is 17.5 Å². The first-order valence-electron chi connectivity index (χ1n) is 7.30. The molecule has 1 aromatic carbocycles. The van der Waals surface area contributed by atoms with E-state index in [-0.39, 0.29) is 18.0 Å². The molecule has 25 heavy (non-hydrogen) atoms. The first-order chi connectivity index (χ1) is 12.0. The summed E-state index contributed by atoms with van der Waals surface area (Å²) in [4.78, 5) is 0.870. The molecule has 0 saturated carbocycles. The Morgan fingerprint density at radius 2 is 2.00 bits per heavy atom. The molecule has 1 N–H and O–H groups in total. The second-order valence-electron chi connectivity index (χ2n) is 4.94. The van der Waals surface area contributed by atoms with Crippen LogP contribution in [0, 0.1) is 5.82 Å². The van der Waals surface area contributed by atoms with Crippen molar-refractivity contribution >= 4 is 21.4 Å². The van der Waals surface area contributed by atoms with E-state index in [1.54, 1.807) is 23.5 Å². The highest BCUT2D eigenvalue weighted by Gasteiger charge is 2.14. The molecule has 0 saturated heterocycles. The summed E-state index contributed by atoms with van der Waals surface area (Å²) in [5.74, 6) is -0.314. The molecule has 3 rings (SSSR count). The average molecular weight is 379 g/mol. The van der Waals surface area contributed by atoms with E-state index in [2.05, 4.69) is 14.9 Å². The van der Waals surface area contributed by atoms with Gasteiger partial charge in [-0.2, -0.15) is 0 Å². The van der Waals surface area contributed by atoms with Gasteiger partial charge >= 0.3 is 0 Å². The normalized spacial score (nSPS) is 11.4. The number of thiophene rings is 1. The molecule has 0 amide bonds. The fraction of sp³-hybridized carbons (Fsp3) is 0.125. The summed E-state index contributed by atoms with van der Waals surface area (Å²) in [5.41, 5.74) is 0.745. The molecule has 0 aliphatic rings. The number of halogens is 1. The van der Waals surface area contributed by atoms with Crippen molar-refractivity contribution in [2.24, 2.45) is 0 Å². The molecule has 2 aromatic heterocycles. The number of sulfonamides is 1. The van der Waals surface area contributed by atoms with Crippen LogP contribution in [0.2, 0.25) is 0 Å². The molecule has 0 atom stereocenters. The highest BCUT2D eigenvalue weighted by Crippen LogP contribution is 2.22. The van der Waals surface area contributed by atoms with E-state index in [0.29, 0.717) is 5.88 Å². The first kappa shape index (κ1) is 17.5. The molecule has 0 bridgehead atoms. The lowest BCUT2D eigenvalue weighted by Crippen LogP contribution is -2.28. The minimum atomic E-state index is -3.78. The first-order valence-corrected chi connectivity index (χ1v) is 9.66. The standard InChI is InChI=1S/C16H14FN3O3S2/c17-12-3-1-4-13(11-12)25(21,22)18-8-9-23-16-7-6-14(19-20-16)15-5-2-10-24-15/h1-7,10-11,18H,8-9H2. The van der Waals surface area contributed by atoms with Crippen molar-refractivity contribution < 1.29 is 17.5 Å². The molecule has 6 nitrogen and oxygen atoms in total. The van der Waals surface area contributed by atoms with Crippen LogP contribution in [-0.2, 0) is 10.0 Å². The van der Waals surface area contributed by atoms with Crippen LogP contribution in [0.15, 0.2) is 58.8 Å². The summed E-state index contributed by atoms with van der Waals surface area (Å²) in [5, 5.41) is 9.96. The van der Waals surface area contributed by atoms with Gasteiger partial charge in [0.1, 0.15) is 18.1 Å². The number of nitrogens with zero attached hydrogens (tertiary/aromatic N) is 2. The van der Waals surface area contributed by atoms with Gasteiger partial charge in [0.05, 0.1) is 9.77 Å². The van der Waals surface area contributed by atoms with E-state index in [1.807, 2.05) is 17.5 Å². The number of aromatic nitrogens is 2. The fourth-order valence-corrected chi connectivity index (χ4v) is 3.74. The molecular formula is C16H14FN3O3S2. The predicted molar refractivity (Wildman–Crippen MR) is 92.4 cm³/mol. The van der Waals surface area contributed by atoms with Gasteiger partial charge < -0.3 is 4.74 Å². The smallest absolute Gasteiger partial charge is 0.240 e. The van der Waals surface area contributed by atoms with Crippen molar-refractivity contribution in [2.75, 3.05) is 13.2 Å². The van der Waals surface area contributed by atoms with E-state index in [4.69, 9.17) is 4.74 Å². The molecule has 9 heteroatoms. The maximum atomic E-state index is 13.1. The third-order valence-corrected chi connectivity index (χ3v) is 5.52. The molecule has 3 aromatic rings. The Hall–Kier alpha value is -2.36. The van der Waals surface area contributed by atoms with Gasteiger partial charge in [-0.05, 0) is 35.7 Å². The Bertz CT molecular complexity index is 930. The van der Waals surface area contributed by atoms with Gasteiger partial charge in [0.2, 0.25) is 15.9 Å². The summed E-state index contributed by atoms with van der Waals surface area (Å²) in [6, 6.07) is 12.1. The van der Waals surface area contributed by atoms with Gasteiger partial charge in [0.15, 0.2) is 0 Å². The highest BCUT2D eigenvalue weighted by molar-refractivity contribution is 7.89. The Kier molecular flexibility index (Phi) is 5.37. The molecule has 0 fully saturated rings. The van der Waals surface area contributed by atoms with Crippen molar-refractivity contribution in [3.63, 3.8) is 0 Å². The second kappa shape index (κ2) is 7.68. The summed E-state index contributed by atoms with van der Waals surface area (Å²) < 4.78 is 44.8. The van der Waals surface area contributed by atoms with Crippen molar-refractivity contribution in [3.8, 4) is 16.5 Å². The van der Waals surface area contributed by atoms with Crippen LogP contribution in [0.3, 0.4) is 0 Å². The van der Waals surface area contributed by atoms with E-state index in [9.17, 15) is 12.8 Å². The lowest BCUT2D eigenvalue weighted by Gasteiger charge is -2.08. The van der Waals surface area contributed by atoms with Crippen molar-refractivity contribution in [1.29, 1.82) is 0 Å². The van der Waals surface area contributed by atoms with Gasteiger partial charge in [-0.15, -0.1) is 21.5 Å². The van der Waals surface area contributed by atoms with Gasteiger partial charge in [-0.1, -0.05) is 12.1 Å². The molecule has 0 radical (unpaired) electrons. The second-order valence-corrected chi connectivity index (χ2v) is 7.65. The maximum Gasteiger partial charge on any atom is 0.240 e. The molecule has 2 heterocycles. The lowest BCUT2D eigenvalue weighted by molar-refractivity contribution is 0.307. The molecule has 130 valence electrons. The SMILES string of the molecule is O=S(=O)(NCCOc1ccc(-c2cccs2)nn1)c1cccc(F)c1. The number of hydrogen-bond acceptors (Lipinski definition) is 6. The summed E-state index contributed by atoms with van der Waals surface area (Å²) >= 11 is 1.56.